The zero-order valence-electron chi connectivity index (χ0n) is 11.1. The van der Waals surface area contributed by atoms with Gasteiger partial charge in [-0.2, -0.15) is 0 Å². The Kier molecular flexibility index (Phi) is 16.6. The van der Waals surface area contributed by atoms with Crippen LogP contribution >= 0.6 is 67.4 Å². The van der Waals surface area contributed by atoms with Gasteiger partial charge in [0.15, 0.2) is 0 Å². The van der Waals surface area contributed by atoms with Gasteiger partial charge in [-0.05, 0) is 0 Å². The second-order valence-corrected chi connectivity index (χ2v) is 11.7. The molecule has 0 aromatic rings. The first-order chi connectivity index (χ1) is 9.14. The quantitative estimate of drug-likeness (QED) is 0.131. The van der Waals surface area contributed by atoms with E-state index in [0.29, 0.717) is 0 Å². The number of thiol groups is 3. The minimum absolute atomic E-state index is 0.0194. The average Bonchev–Trinajstić information content (AvgIpc) is 2.46. The van der Waals surface area contributed by atoms with Gasteiger partial charge in [0, 0.05) is 0 Å². The van der Waals surface area contributed by atoms with Gasteiger partial charge < -0.3 is 0 Å². The van der Waals surface area contributed by atoms with Gasteiger partial charge >= 0.3 is 155 Å². The van der Waals surface area contributed by atoms with Crippen LogP contribution < -0.4 is 0 Å². The molecule has 0 bridgehead atoms. The van der Waals surface area contributed by atoms with Gasteiger partial charge in [0.1, 0.15) is 0 Å². The maximum atomic E-state index is 5.97. The third kappa shape index (κ3) is 10.3. The molecule has 19 heavy (non-hydrogen) atoms. The molecule has 0 radical (unpaired) electrons. The van der Waals surface area contributed by atoms with E-state index in [1.807, 2.05) is 0 Å². The fourth-order valence-corrected chi connectivity index (χ4v) is 13.6. The van der Waals surface area contributed by atoms with E-state index in [2.05, 4.69) is 55.8 Å². The topological polar surface area (TPSA) is 27.7 Å². The van der Waals surface area contributed by atoms with Crippen LogP contribution in [0, 0.1) is 0 Å². The summed E-state index contributed by atoms with van der Waals surface area (Å²) in [4.78, 5) is 0. The van der Waals surface area contributed by atoms with Crippen molar-refractivity contribution < 1.29 is 8.44 Å². The average molecular weight is 579 g/mol. The zero-order valence-corrected chi connectivity index (χ0v) is 19.7. The van der Waals surface area contributed by atoms with Crippen LogP contribution in [0.1, 0.15) is 40.0 Å². The number of hydrogen-bond acceptors (Lipinski definition) is 9. The molecule has 0 aromatic carbocycles. The Hall–Kier alpha value is 2.86. The third-order valence-corrected chi connectivity index (χ3v) is 12.8. The van der Waals surface area contributed by atoms with Crippen molar-refractivity contribution in [1.29, 1.82) is 0 Å². The zero-order chi connectivity index (χ0) is 14.7. The van der Waals surface area contributed by atoms with E-state index < -0.39 is 23.1 Å². The molecule has 3 atom stereocenters. The number of rotatable bonds is 12. The van der Waals surface area contributed by atoms with Crippen molar-refractivity contribution in [2.45, 2.75) is 56.3 Å². The molecule has 10 heteroatoms. The van der Waals surface area contributed by atoms with E-state index in [4.69, 9.17) is 8.44 Å². The molecule has 3 unspecified atom stereocenters. The van der Waals surface area contributed by atoms with Crippen LogP contribution in [0.5, 0.6) is 0 Å². The second-order valence-electron chi connectivity index (χ2n) is 3.37. The van der Waals surface area contributed by atoms with Gasteiger partial charge in [-0.15, -0.1) is 0 Å². The monoisotopic (exact) mass is 578 g/mol. The molecule has 0 saturated heterocycles. The third-order valence-electron chi connectivity index (χ3n) is 1.96. The summed E-state index contributed by atoms with van der Waals surface area (Å²) < 4.78 is 17.9. The van der Waals surface area contributed by atoms with Crippen molar-refractivity contribution in [3.05, 3.63) is 0 Å². The summed E-state index contributed by atoms with van der Waals surface area (Å²) in [7, 11) is 4.18. The first kappa shape index (κ1) is 21.9. The van der Waals surface area contributed by atoms with Crippen LogP contribution in [-0.4, -0.2) is 39.4 Å². The van der Waals surface area contributed by atoms with Crippen LogP contribution in [0.15, 0.2) is 0 Å². The normalized spacial score (nSPS) is 16.6. The van der Waals surface area contributed by atoms with Gasteiger partial charge in [0.2, 0.25) is 0 Å². The van der Waals surface area contributed by atoms with E-state index in [1.54, 1.807) is 0 Å². The first-order valence-electron chi connectivity index (χ1n) is 5.86. The second kappa shape index (κ2) is 14.5. The molecule has 0 aliphatic carbocycles. The molecule has 0 heterocycles. The molecule has 0 aromatic heterocycles. The molecular weight excluding hydrogens is 557 g/mol. The SMILES string of the molecule is CCC([O][Bi]([O]C(CC)SS)[O]C(CC)SS)SS. The molecule has 0 spiro atoms. The molecular formula is C9H21BiO3S6. The molecule has 0 fully saturated rings. The Labute approximate surface area is 153 Å². The van der Waals surface area contributed by atoms with E-state index in [9.17, 15) is 0 Å². The Morgan fingerprint density at radius 1 is 0.737 bits per heavy atom. The summed E-state index contributed by atoms with van der Waals surface area (Å²) in [5.74, 6) is 0. The summed E-state index contributed by atoms with van der Waals surface area (Å²) >= 11 is 9.73. The Bertz CT molecular complexity index is 171. The van der Waals surface area contributed by atoms with E-state index in [1.165, 1.54) is 32.4 Å². The van der Waals surface area contributed by atoms with Gasteiger partial charge in [-0.1, -0.05) is 0 Å². The van der Waals surface area contributed by atoms with Crippen molar-refractivity contribution in [1.82, 2.24) is 0 Å². The minimum atomic E-state index is -2.92. The fraction of sp³-hybridized carbons (Fsp3) is 1.00. The molecule has 116 valence electrons. The van der Waals surface area contributed by atoms with Crippen LogP contribution in [0.2, 0.25) is 0 Å². The molecule has 0 N–H and O–H groups in total. The Balaban J connectivity index is 4.51. The molecule has 0 aliphatic rings. The standard InChI is InChI=1S/3C3H7OS2.Bi/c3*1-2-3(4)6-5;/h3*3,5H,2H2,1H3;/q3*-1;+3. The van der Waals surface area contributed by atoms with Gasteiger partial charge in [-0.3, -0.25) is 0 Å². The van der Waals surface area contributed by atoms with Gasteiger partial charge in [0.05, 0.1) is 0 Å². The van der Waals surface area contributed by atoms with Gasteiger partial charge in [-0.25, -0.2) is 0 Å². The van der Waals surface area contributed by atoms with Crippen molar-refractivity contribution in [2.24, 2.45) is 0 Å². The predicted octanol–water partition coefficient (Wildman–Crippen LogP) is 4.96. The molecule has 0 rings (SSSR count). The van der Waals surface area contributed by atoms with Crippen LogP contribution in [0.4, 0.5) is 0 Å². The van der Waals surface area contributed by atoms with Crippen LogP contribution in [0.3, 0.4) is 0 Å². The van der Waals surface area contributed by atoms with Crippen molar-refractivity contribution in [2.75, 3.05) is 0 Å². The summed E-state index contributed by atoms with van der Waals surface area (Å²) in [5, 5.41) is 0. The van der Waals surface area contributed by atoms with Crippen LogP contribution in [0.25, 0.3) is 0 Å². The molecule has 0 saturated carbocycles. The van der Waals surface area contributed by atoms with Crippen LogP contribution in [-0.2, 0) is 8.44 Å². The molecule has 3 nitrogen and oxygen atoms in total. The maximum absolute atomic E-state index is 5.97. The van der Waals surface area contributed by atoms with E-state index in [-0.39, 0.29) is 16.3 Å². The predicted molar refractivity (Wildman–Crippen MR) is 101 cm³/mol. The summed E-state index contributed by atoms with van der Waals surface area (Å²) in [6, 6.07) is 0. The van der Waals surface area contributed by atoms with Crippen molar-refractivity contribution in [3.63, 3.8) is 0 Å². The Morgan fingerprint density at radius 2 is 1.00 bits per heavy atom. The summed E-state index contributed by atoms with van der Waals surface area (Å²) in [5.41, 5.74) is 0.0582. The van der Waals surface area contributed by atoms with Crippen molar-refractivity contribution in [3.8, 4) is 0 Å². The summed E-state index contributed by atoms with van der Waals surface area (Å²) in [6.07, 6.45) is 2.63. The Morgan fingerprint density at radius 3 is 1.16 bits per heavy atom. The molecule has 0 amide bonds. The number of hydrogen-bond donors (Lipinski definition) is 3. The van der Waals surface area contributed by atoms with Gasteiger partial charge in [0.25, 0.3) is 0 Å². The summed E-state index contributed by atoms with van der Waals surface area (Å²) in [6.45, 7) is 6.18. The fourth-order valence-electron chi connectivity index (χ4n) is 0.867. The first-order valence-corrected chi connectivity index (χ1v) is 15.9. The van der Waals surface area contributed by atoms with E-state index in [0.717, 1.165) is 19.3 Å². The van der Waals surface area contributed by atoms with E-state index >= 15 is 0 Å². The van der Waals surface area contributed by atoms with Crippen molar-refractivity contribution >= 4 is 90.4 Å². The molecule has 0 aliphatic heterocycles.